The zero-order chi connectivity index (χ0) is 18.6. The highest BCUT2D eigenvalue weighted by Crippen LogP contribution is 2.21. The minimum absolute atomic E-state index is 0.134. The number of anilines is 1. The number of nitrogens with one attached hydrogen (secondary N) is 2. The summed E-state index contributed by atoms with van der Waals surface area (Å²) in [5.41, 5.74) is 6.20. The highest BCUT2D eigenvalue weighted by atomic mass is 35.5. The van der Waals surface area contributed by atoms with Gasteiger partial charge >= 0.3 is 0 Å². The Morgan fingerprint density at radius 2 is 1.73 bits per heavy atom. The van der Waals surface area contributed by atoms with Crippen LogP contribution in [0.3, 0.4) is 0 Å². The molecule has 3 rings (SSSR count). The second kappa shape index (κ2) is 8.07. The molecule has 2 N–H and O–H groups in total. The van der Waals surface area contributed by atoms with E-state index in [1.54, 1.807) is 36.4 Å². The number of carbonyl (C=O) groups is 1. The van der Waals surface area contributed by atoms with Gasteiger partial charge in [0.2, 0.25) is 10.0 Å². The first-order valence-electron chi connectivity index (χ1n) is 8.39. The molecule has 2 aromatic rings. The van der Waals surface area contributed by atoms with Gasteiger partial charge in [0.1, 0.15) is 0 Å². The van der Waals surface area contributed by atoms with E-state index in [1.807, 2.05) is 0 Å². The number of hydrogen-bond acceptors (Lipinski definition) is 4. The van der Waals surface area contributed by atoms with Gasteiger partial charge < -0.3 is 0 Å². The number of halogens is 1. The standard InChI is InChI=1S/C18H20ClN3O3S/c19-15-7-5-8-16(13-15)20-21-18(23)14-6-4-9-17(12-14)26(24,25)22-10-2-1-3-11-22/h4-9,12-13,20H,1-3,10-11H2,(H,21,23). The lowest BCUT2D eigenvalue weighted by Crippen LogP contribution is -2.35. The summed E-state index contributed by atoms with van der Waals surface area (Å²) in [6.45, 7) is 1.05. The molecule has 0 atom stereocenters. The van der Waals surface area contributed by atoms with E-state index in [0.717, 1.165) is 19.3 Å². The molecule has 1 aliphatic heterocycles. The Balaban J connectivity index is 1.73. The fraction of sp³-hybridized carbons (Fsp3) is 0.278. The first-order chi connectivity index (χ1) is 12.5. The van der Waals surface area contributed by atoms with Crippen molar-refractivity contribution in [1.82, 2.24) is 9.73 Å². The maximum Gasteiger partial charge on any atom is 0.269 e. The Labute approximate surface area is 158 Å². The molecule has 1 amide bonds. The molecule has 0 bridgehead atoms. The second-order valence-electron chi connectivity index (χ2n) is 6.08. The maximum absolute atomic E-state index is 12.7. The Hall–Kier alpha value is -2.09. The monoisotopic (exact) mass is 393 g/mol. The number of hydrogen-bond donors (Lipinski definition) is 2. The van der Waals surface area contributed by atoms with Gasteiger partial charge in [0, 0.05) is 23.7 Å². The molecule has 0 spiro atoms. The number of nitrogens with zero attached hydrogens (tertiary/aromatic N) is 1. The van der Waals surface area contributed by atoms with Crippen molar-refractivity contribution in [2.45, 2.75) is 24.2 Å². The Morgan fingerprint density at radius 1 is 1.00 bits per heavy atom. The van der Waals surface area contributed by atoms with Crippen molar-refractivity contribution >= 4 is 33.2 Å². The fourth-order valence-corrected chi connectivity index (χ4v) is 4.57. The highest BCUT2D eigenvalue weighted by molar-refractivity contribution is 7.89. The van der Waals surface area contributed by atoms with Crippen molar-refractivity contribution in [3.8, 4) is 0 Å². The molecule has 1 fully saturated rings. The van der Waals surface area contributed by atoms with Gasteiger partial charge in [-0.2, -0.15) is 4.31 Å². The molecular weight excluding hydrogens is 374 g/mol. The summed E-state index contributed by atoms with van der Waals surface area (Å²) in [6, 6.07) is 13.0. The number of hydrazine groups is 1. The van der Waals surface area contributed by atoms with E-state index in [9.17, 15) is 13.2 Å². The number of rotatable bonds is 5. The third kappa shape index (κ3) is 4.35. The minimum atomic E-state index is -3.58. The van der Waals surface area contributed by atoms with Gasteiger partial charge in [-0.3, -0.25) is 15.6 Å². The van der Waals surface area contributed by atoms with Gasteiger partial charge in [-0.15, -0.1) is 0 Å². The van der Waals surface area contributed by atoms with Crippen molar-refractivity contribution in [3.63, 3.8) is 0 Å². The highest BCUT2D eigenvalue weighted by Gasteiger charge is 2.26. The quantitative estimate of drug-likeness (QED) is 0.764. The van der Waals surface area contributed by atoms with Crippen LogP contribution in [0.4, 0.5) is 5.69 Å². The lowest BCUT2D eigenvalue weighted by atomic mass is 10.2. The predicted octanol–water partition coefficient (Wildman–Crippen LogP) is 3.27. The van der Waals surface area contributed by atoms with Gasteiger partial charge in [0.05, 0.1) is 10.6 Å². The minimum Gasteiger partial charge on any atom is -0.298 e. The van der Waals surface area contributed by atoms with Crippen molar-refractivity contribution in [3.05, 3.63) is 59.1 Å². The van der Waals surface area contributed by atoms with E-state index in [2.05, 4.69) is 10.9 Å². The number of benzene rings is 2. The number of amides is 1. The number of carbonyl (C=O) groups excluding carboxylic acids is 1. The van der Waals surface area contributed by atoms with Crippen LogP contribution in [-0.4, -0.2) is 31.7 Å². The van der Waals surface area contributed by atoms with Crippen molar-refractivity contribution in [1.29, 1.82) is 0 Å². The van der Waals surface area contributed by atoms with Crippen LogP contribution in [0.2, 0.25) is 5.02 Å². The van der Waals surface area contributed by atoms with E-state index < -0.39 is 15.9 Å². The van der Waals surface area contributed by atoms with Crippen molar-refractivity contribution in [2.24, 2.45) is 0 Å². The largest absolute Gasteiger partial charge is 0.298 e. The molecule has 1 heterocycles. The molecule has 8 heteroatoms. The van der Waals surface area contributed by atoms with E-state index in [0.29, 0.717) is 23.8 Å². The van der Waals surface area contributed by atoms with E-state index in [4.69, 9.17) is 11.6 Å². The average molecular weight is 394 g/mol. The van der Waals surface area contributed by atoms with Crippen LogP contribution in [0, 0.1) is 0 Å². The summed E-state index contributed by atoms with van der Waals surface area (Å²) >= 11 is 5.90. The van der Waals surface area contributed by atoms with Crippen LogP contribution in [0.15, 0.2) is 53.4 Å². The second-order valence-corrected chi connectivity index (χ2v) is 8.46. The van der Waals surface area contributed by atoms with E-state index in [1.165, 1.54) is 16.4 Å². The third-order valence-corrected chi connectivity index (χ3v) is 6.32. The Kier molecular flexibility index (Phi) is 5.80. The molecule has 0 aliphatic carbocycles. The zero-order valence-electron chi connectivity index (χ0n) is 14.1. The van der Waals surface area contributed by atoms with Gasteiger partial charge in [0.25, 0.3) is 5.91 Å². The normalized spacial score (nSPS) is 15.4. The molecule has 138 valence electrons. The maximum atomic E-state index is 12.7. The van der Waals surface area contributed by atoms with Crippen LogP contribution in [-0.2, 0) is 10.0 Å². The topological polar surface area (TPSA) is 78.5 Å². The Morgan fingerprint density at radius 3 is 2.46 bits per heavy atom. The molecule has 0 unspecified atom stereocenters. The van der Waals surface area contributed by atoms with Crippen molar-refractivity contribution in [2.75, 3.05) is 18.5 Å². The first-order valence-corrected chi connectivity index (χ1v) is 10.2. The summed E-state index contributed by atoms with van der Waals surface area (Å²) in [4.78, 5) is 12.5. The first kappa shape index (κ1) is 18.7. The fourth-order valence-electron chi connectivity index (χ4n) is 2.82. The lowest BCUT2D eigenvalue weighted by Gasteiger charge is -2.26. The summed E-state index contributed by atoms with van der Waals surface area (Å²) in [7, 11) is -3.58. The van der Waals surface area contributed by atoms with E-state index >= 15 is 0 Å². The third-order valence-electron chi connectivity index (χ3n) is 4.19. The van der Waals surface area contributed by atoms with Crippen LogP contribution in [0.5, 0.6) is 0 Å². The summed E-state index contributed by atoms with van der Waals surface area (Å²) < 4.78 is 27.0. The van der Waals surface area contributed by atoms with Gasteiger partial charge in [-0.05, 0) is 49.2 Å². The summed E-state index contributed by atoms with van der Waals surface area (Å²) in [5, 5.41) is 0.541. The molecule has 26 heavy (non-hydrogen) atoms. The molecule has 0 radical (unpaired) electrons. The Bertz CT molecular complexity index is 896. The molecule has 1 aliphatic rings. The van der Waals surface area contributed by atoms with E-state index in [-0.39, 0.29) is 10.5 Å². The molecule has 6 nitrogen and oxygen atoms in total. The predicted molar refractivity (Wildman–Crippen MR) is 102 cm³/mol. The summed E-state index contributed by atoms with van der Waals surface area (Å²) in [5.74, 6) is -0.430. The van der Waals surface area contributed by atoms with Gasteiger partial charge in [0.15, 0.2) is 0 Å². The molecule has 0 aromatic heterocycles. The van der Waals surface area contributed by atoms with Crippen LogP contribution in [0.1, 0.15) is 29.6 Å². The SMILES string of the molecule is O=C(NNc1cccc(Cl)c1)c1cccc(S(=O)(=O)N2CCCCC2)c1. The molecule has 2 aromatic carbocycles. The van der Waals surface area contributed by atoms with Crippen LogP contribution in [0.25, 0.3) is 0 Å². The van der Waals surface area contributed by atoms with Crippen molar-refractivity contribution < 1.29 is 13.2 Å². The van der Waals surface area contributed by atoms with Crippen LogP contribution < -0.4 is 10.9 Å². The zero-order valence-corrected chi connectivity index (χ0v) is 15.7. The number of piperidine rings is 1. The van der Waals surface area contributed by atoms with Crippen LogP contribution >= 0.6 is 11.6 Å². The summed E-state index contributed by atoms with van der Waals surface area (Å²) in [6.07, 6.45) is 2.77. The van der Waals surface area contributed by atoms with Gasteiger partial charge in [-0.1, -0.05) is 30.2 Å². The average Bonchev–Trinajstić information content (AvgIpc) is 2.67. The molecule has 1 saturated heterocycles. The lowest BCUT2D eigenvalue weighted by molar-refractivity contribution is 0.0962. The molecule has 0 saturated carbocycles. The number of sulfonamides is 1. The smallest absolute Gasteiger partial charge is 0.269 e. The van der Waals surface area contributed by atoms with Gasteiger partial charge in [-0.25, -0.2) is 8.42 Å². The molecular formula is C18H20ClN3O3S.